The molecule has 0 fully saturated rings. The first kappa shape index (κ1) is 22.1. The Kier molecular flexibility index (Phi) is 6.74. The molecule has 0 saturated heterocycles. The van der Waals surface area contributed by atoms with Gasteiger partial charge >= 0.3 is 11.9 Å². The smallest absolute Gasteiger partial charge is 0.336 e. The van der Waals surface area contributed by atoms with Crippen molar-refractivity contribution in [2.75, 3.05) is 14.2 Å². The number of esters is 2. The maximum atomic E-state index is 13.1. The maximum Gasteiger partial charge on any atom is 0.336 e. The van der Waals surface area contributed by atoms with E-state index >= 15 is 0 Å². The van der Waals surface area contributed by atoms with E-state index in [4.69, 9.17) is 14.2 Å². The number of carbonyl (C=O) groups is 2. The Labute approximate surface area is 180 Å². The van der Waals surface area contributed by atoms with Gasteiger partial charge in [0, 0.05) is 11.4 Å². The highest BCUT2D eigenvalue weighted by atomic mass is 19.1. The van der Waals surface area contributed by atoms with Crippen LogP contribution in [0, 0.1) is 5.82 Å². The first-order chi connectivity index (χ1) is 14.8. The van der Waals surface area contributed by atoms with E-state index in [-0.39, 0.29) is 12.4 Å². The number of benzene rings is 2. The molecule has 0 bridgehead atoms. The Hall–Kier alpha value is -3.61. The van der Waals surface area contributed by atoms with Gasteiger partial charge in [0.05, 0.1) is 31.3 Å². The second kappa shape index (κ2) is 9.47. The zero-order chi connectivity index (χ0) is 22.5. The fourth-order valence-electron chi connectivity index (χ4n) is 3.62. The Morgan fingerprint density at radius 2 is 1.52 bits per heavy atom. The molecule has 6 nitrogen and oxygen atoms in total. The summed E-state index contributed by atoms with van der Waals surface area (Å²) >= 11 is 0. The molecule has 1 aliphatic heterocycles. The van der Waals surface area contributed by atoms with Crippen molar-refractivity contribution in [3.63, 3.8) is 0 Å². The standard InChI is InChI=1S/C24H24FNO5/c1-14-20(23(27)29-3)22(21(15(2)26-14)24(28)30-4)17-6-5-7-19(12-17)31-13-16-8-10-18(25)11-9-16/h5-12,22,26H,13H2,1-4H3. The van der Waals surface area contributed by atoms with Crippen molar-refractivity contribution in [3.05, 3.63) is 88.0 Å². The third-order valence-corrected chi connectivity index (χ3v) is 5.08. The van der Waals surface area contributed by atoms with Crippen LogP contribution in [0.2, 0.25) is 0 Å². The van der Waals surface area contributed by atoms with Crippen LogP contribution in [0.3, 0.4) is 0 Å². The zero-order valence-corrected chi connectivity index (χ0v) is 17.8. The van der Waals surface area contributed by atoms with Crippen LogP contribution in [0.1, 0.15) is 30.9 Å². The maximum absolute atomic E-state index is 13.1. The highest BCUT2D eigenvalue weighted by molar-refractivity contribution is 5.99. The summed E-state index contributed by atoms with van der Waals surface area (Å²) < 4.78 is 28.9. The van der Waals surface area contributed by atoms with Crippen LogP contribution in [0.5, 0.6) is 5.75 Å². The lowest BCUT2D eigenvalue weighted by atomic mass is 9.80. The molecule has 7 heteroatoms. The molecule has 0 saturated carbocycles. The van der Waals surface area contributed by atoms with Crippen LogP contribution in [0.4, 0.5) is 4.39 Å². The third kappa shape index (κ3) is 4.77. The summed E-state index contributed by atoms with van der Waals surface area (Å²) in [7, 11) is 2.59. The van der Waals surface area contributed by atoms with Gasteiger partial charge in [0.25, 0.3) is 0 Å². The summed E-state index contributed by atoms with van der Waals surface area (Å²) in [5.74, 6) is -1.53. The van der Waals surface area contributed by atoms with Gasteiger partial charge in [-0.2, -0.15) is 0 Å². The van der Waals surface area contributed by atoms with E-state index in [0.29, 0.717) is 33.9 Å². The number of halogens is 1. The molecule has 1 aliphatic rings. The quantitative estimate of drug-likeness (QED) is 0.706. The van der Waals surface area contributed by atoms with Gasteiger partial charge in [0.1, 0.15) is 18.2 Å². The fourth-order valence-corrected chi connectivity index (χ4v) is 3.62. The lowest BCUT2D eigenvalue weighted by Crippen LogP contribution is -2.32. The van der Waals surface area contributed by atoms with E-state index in [9.17, 15) is 14.0 Å². The van der Waals surface area contributed by atoms with Crippen LogP contribution in [-0.4, -0.2) is 26.2 Å². The summed E-state index contributed by atoms with van der Waals surface area (Å²) in [6.45, 7) is 3.75. The van der Waals surface area contributed by atoms with E-state index in [2.05, 4.69) is 5.32 Å². The molecule has 0 spiro atoms. The highest BCUT2D eigenvalue weighted by Crippen LogP contribution is 2.40. The molecular weight excluding hydrogens is 401 g/mol. The first-order valence-corrected chi connectivity index (χ1v) is 9.68. The van der Waals surface area contributed by atoms with E-state index < -0.39 is 17.9 Å². The monoisotopic (exact) mass is 425 g/mol. The molecule has 2 aromatic rings. The number of carbonyl (C=O) groups excluding carboxylic acids is 2. The summed E-state index contributed by atoms with van der Waals surface area (Å²) in [5, 5.41) is 3.07. The van der Waals surface area contributed by atoms with Crippen molar-refractivity contribution in [1.29, 1.82) is 0 Å². The largest absolute Gasteiger partial charge is 0.489 e. The van der Waals surface area contributed by atoms with Crippen LogP contribution in [-0.2, 0) is 25.7 Å². The number of allylic oxidation sites excluding steroid dienone is 2. The minimum Gasteiger partial charge on any atom is -0.489 e. The Morgan fingerprint density at radius 1 is 0.935 bits per heavy atom. The molecule has 2 aromatic carbocycles. The van der Waals surface area contributed by atoms with E-state index in [1.807, 2.05) is 6.07 Å². The molecule has 0 atom stereocenters. The summed E-state index contributed by atoms with van der Waals surface area (Å²) in [4.78, 5) is 25.2. The number of hydrogen-bond donors (Lipinski definition) is 1. The van der Waals surface area contributed by atoms with Gasteiger partial charge < -0.3 is 19.5 Å². The molecule has 0 aliphatic carbocycles. The normalized spacial score (nSPS) is 14.2. The number of nitrogens with one attached hydrogen (secondary N) is 1. The Balaban J connectivity index is 1.98. The lowest BCUT2D eigenvalue weighted by Gasteiger charge is -2.30. The van der Waals surface area contributed by atoms with Gasteiger partial charge in [-0.1, -0.05) is 24.3 Å². The molecule has 0 unspecified atom stereocenters. The van der Waals surface area contributed by atoms with Gasteiger partial charge in [-0.3, -0.25) is 0 Å². The Bertz CT molecular complexity index is 1020. The topological polar surface area (TPSA) is 73.9 Å². The molecular formula is C24H24FNO5. The van der Waals surface area contributed by atoms with E-state index in [0.717, 1.165) is 5.56 Å². The second-order valence-electron chi connectivity index (χ2n) is 7.11. The number of ether oxygens (including phenoxy) is 3. The van der Waals surface area contributed by atoms with Gasteiger partial charge in [0.2, 0.25) is 0 Å². The molecule has 3 rings (SSSR count). The summed E-state index contributed by atoms with van der Waals surface area (Å²) in [6, 6.07) is 13.2. The van der Waals surface area contributed by atoms with Crippen LogP contribution >= 0.6 is 0 Å². The van der Waals surface area contributed by atoms with E-state index in [1.54, 1.807) is 44.2 Å². The lowest BCUT2D eigenvalue weighted by molar-refractivity contribution is -0.137. The average Bonchev–Trinajstić information content (AvgIpc) is 2.77. The molecule has 162 valence electrons. The Morgan fingerprint density at radius 3 is 2.06 bits per heavy atom. The predicted octanol–water partition coefficient (Wildman–Crippen LogP) is 3.99. The number of dihydropyridines is 1. The van der Waals surface area contributed by atoms with Gasteiger partial charge in [-0.05, 0) is 49.2 Å². The molecule has 0 radical (unpaired) electrons. The number of rotatable bonds is 6. The number of methoxy groups -OCH3 is 2. The van der Waals surface area contributed by atoms with Crippen LogP contribution in [0.25, 0.3) is 0 Å². The highest BCUT2D eigenvalue weighted by Gasteiger charge is 2.37. The van der Waals surface area contributed by atoms with Crippen molar-refractivity contribution >= 4 is 11.9 Å². The van der Waals surface area contributed by atoms with Gasteiger partial charge in [-0.15, -0.1) is 0 Å². The van der Waals surface area contributed by atoms with Crippen LogP contribution in [0.15, 0.2) is 71.1 Å². The molecule has 0 amide bonds. The third-order valence-electron chi connectivity index (χ3n) is 5.08. The number of hydrogen-bond acceptors (Lipinski definition) is 6. The predicted molar refractivity (Wildman–Crippen MR) is 112 cm³/mol. The summed E-state index contributed by atoms with van der Waals surface area (Å²) in [6.07, 6.45) is 0. The first-order valence-electron chi connectivity index (χ1n) is 9.68. The van der Waals surface area contributed by atoms with Gasteiger partial charge in [0.15, 0.2) is 0 Å². The molecule has 31 heavy (non-hydrogen) atoms. The van der Waals surface area contributed by atoms with E-state index in [1.165, 1.54) is 26.4 Å². The van der Waals surface area contributed by atoms with Crippen molar-refractivity contribution in [1.82, 2.24) is 5.32 Å². The fraction of sp³-hybridized carbons (Fsp3) is 0.250. The van der Waals surface area contributed by atoms with Crippen molar-refractivity contribution < 1.29 is 28.2 Å². The average molecular weight is 425 g/mol. The second-order valence-corrected chi connectivity index (χ2v) is 7.11. The minimum atomic E-state index is -0.685. The summed E-state index contributed by atoms with van der Waals surface area (Å²) in [5.41, 5.74) is 3.33. The van der Waals surface area contributed by atoms with Crippen molar-refractivity contribution in [3.8, 4) is 5.75 Å². The molecule has 0 aromatic heterocycles. The van der Waals surface area contributed by atoms with Gasteiger partial charge in [-0.25, -0.2) is 14.0 Å². The van der Waals surface area contributed by atoms with Crippen LogP contribution < -0.4 is 10.1 Å². The van der Waals surface area contributed by atoms with Crippen molar-refractivity contribution in [2.24, 2.45) is 0 Å². The molecule has 1 N–H and O–H groups in total. The van der Waals surface area contributed by atoms with Crippen molar-refractivity contribution in [2.45, 2.75) is 26.4 Å². The minimum absolute atomic E-state index is 0.243. The molecule has 1 heterocycles. The SMILES string of the molecule is COC(=O)C1=C(C)NC(C)=C(C(=O)OC)C1c1cccc(OCc2ccc(F)cc2)c1. The zero-order valence-electron chi connectivity index (χ0n) is 17.8.